The number of unbranched alkanes of at least 4 members (excludes halogenated alkanes) is 4. The first kappa shape index (κ1) is 40.9. The Morgan fingerprint density at radius 3 is 0.906 bits per heavy atom. The van der Waals surface area contributed by atoms with Gasteiger partial charge in [0.05, 0.1) is 0 Å². The molecule has 0 bridgehead atoms. The molecule has 9 N–H and O–H groups in total. The van der Waals surface area contributed by atoms with E-state index >= 15 is 0 Å². The maximum atomic E-state index is 10.0. The van der Waals surface area contributed by atoms with Crippen molar-refractivity contribution in [3.05, 3.63) is 0 Å². The second kappa shape index (κ2) is 27.7. The number of carbonyl (C=O) groups is 3. The second-order valence-corrected chi connectivity index (χ2v) is 7.93. The second-order valence-electron chi connectivity index (χ2n) is 5.87. The lowest BCUT2D eigenvalue weighted by molar-refractivity contribution is -0.138. The number of rotatable bonds is 10. The fourth-order valence-electron chi connectivity index (χ4n) is 1.31. The molecule has 0 saturated heterocycles. The third-order valence-corrected chi connectivity index (χ3v) is 2.42. The van der Waals surface area contributed by atoms with Gasteiger partial charge < -0.3 is 44.7 Å². The normalized spacial score (nSPS) is 9.78. The van der Waals surface area contributed by atoms with Crippen molar-refractivity contribution in [2.24, 2.45) is 0 Å². The summed E-state index contributed by atoms with van der Waals surface area (Å²) in [5, 5.41) is 24.1. The van der Waals surface area contributed by atoms with Gasteiger partial charge in [0.15, 0.2) is 0 Å². The molecular formula is C16H38O14P2. The Balaban J connectivity index is -0.0000000981. The Hall–Kier alpha value is -1.37. The summed E-state index contributed by atoms with van der Waals surface area (Å²) in [7, 11) is -9.28. The molecule has 16 heteroatoms. The maximum absolute atomic E-state index is 10.0. The largest absolute Gasteiger partial charge is 0.481 e. The first-order valence-corrected chi connectivity index (χ1v) is 12.7. The van der Waals surface area contributed by atoms with Crippen LogP contribution in [0.2, 0.25) is 0 Å². The molecule has 0 aromatic carbocycles. The minimum Gasteiger partial charge on any atom is -0.481 e. The van der Waals surface area contributed by atoms with Crippen molar-refractivity contribution in [1.82, 2.24) is 0 Å². The Bertz CT molecular complexity index is 488. The number of hydrogen-bond acceptors (Lipinski definition) is 5. The number of carboxylic acid groups (broad SMARTS) is 3. The van der Waals surface area contributed by atoms with Crippen molar-refractivity contribution in [3.8, 4) is 0 Å². The average Bonchev–Trinajstić information content (AvgIpc) is 2.52. The summed E-state index contributed by atoms with van der Waals surface area (Å²) in [6.45, 7) is 5.83. The predicted molar refractivity (Wildman–Crippen MR) is 115 cm³/mol. The van der Waals surface area contributed by atoms with Gasteiger partial charge >= 0.3 is 33.6 Å². The van der Waals surface area contributed by atoms with E-state index in [-0.39, 0.29) is 0 Å². The van der Waals surface area contributed by atoms with E-state index in [4.69, 9.17) is 53.8 Å². The van der Waals surface area contributed by atoms with Crippen LogP contribution in [0.25, 0.3) is 0 Å². The lowest BCUT2D eigenvalue weighted by Gasteiger charge is -1.95. The zero-order valence-corrected chi connectivity index (χ0v) is 20.3. The van der Waals surface area contributed by atoms with E-state index in [0.717, 1.165) is 25.7 Å². The first-order valence-electron chi connectivity index (χ1n) is 9.53. The third kappa shape index (κ3) is 162. The van der Waals surface area contributed by atoms with Gasteiger partial charge in [-0.25, -0.2) is 9.13 Å². The van der Waals surface area contributed by atoms with Crippen molar-refractivity contribution in [1.29, 1.82) is 0 Å². The van der Waals surface area contributed by atoms with Crippen LogP contribution in [0.5, 0.6) is 0 Å². The molecule has 0 unspecified atom stereocenters. The molecule has 0 atom stereocenters. The number of carboxylic acids is 3. The lowest BCUT2D eigenvalue weighted by Crippen LogP contribution is -1.93. The van der Waals surface area contributed by atoms with Gasteiger partial charge in [0.1, 0.15) is 0 Å². The topological polar surface area (TPSA) is 267 Å². The van der Waals surface area contributed by atoms with E-state index in [1.165, 1.54) is 19.3 Å². The highest BCUT2D eigenvalue weighted by Crippen LogP contribution is 2.26. The molecule has 0 aromatic heterocycles. The summed E-state index contributed by atoms with van der Waals surface area (Å²) in [6.07, 6.45) is 7.93. The molecule has 0 aliphatic rings. The molecule has 0 aliphatic carbocycles. The molecule has 0 aliphatic heterocycles. The van der Waals surface area contributed by atoms with Crippen LogP contribution in [-0.4, -0.2) is 62.6 Å². The Morgan fingerprint density at radius 2 is 0.750 bits per heavy atom. The molecule has 0 rings (SSSR count). The van der Waals surface area contributed by atoms with Gasteiger partial charge in [-0.1, -0.05) is 46.5 Å². The lowest BCUT2D eigenvalue weighted by atomic mass is 10.1. The van der Waals surface area contributed by atoms with Gasteiger partial charge in [-0.3, -0.25) is 14.4 Å². The van der Waals surface area contributed by atoms with Gasteiger partial charge in [-0.05, 0) is 19.3 Å². The number of phosphoric acid groups is 2. The predicted octanol–water partition coefficient (Wildman–Crippen LogP) is 2.32. The van der Waals surface area contributed by atoms with E-state index in [2.05, 4.69) is 6.92 Å². The molecular weight excluding hydrogens is 478 g/mol. The molecule has 0 spiro atoms. The van der Waals surface area contributed by atoms with Gasteiger partial charge in [0.25, 0.3) is 0 Å². The fourth-order valence-corrected chi connectivity index (χ4v) is 1.31. The highest BCUT2D eigenvalue weighted by Gasteiger charge is 2.00. The van der Waals surface area contributed by atoms with Crippen molar-refractivity contribution < 1.29 is 68.2 Å². The SMILES string of the molecule is CCCC(=O)O.CCCC(=O)O.CCCCCCCC(=O)O.O=P(O)(O)O.O=P(O)(O)O. The summed E-state index contributed by atoms with van der Waals surface area (Å²) >= 11 is 0. The molecule has 0 fully saturated rings. The van der Waals surface area contributed by atoms with Crippen LogP contribution in [0.4, 0.5) is 0 Å². The van der Waals surface area contributed by atoms with Crippen LogP contribution >= 0.6 is 15.6 Å². The molecule has 14 nitrogen and oxygen atoms in total. The molecule has 0 amide bonds. The minimum atomic E-state index is -4.64. The summed E-state index contributed by atoms with van der Waals surface area (Å²) in [6, 6.07) is 0. The first-order chi connectivity index (χ1) is 14.3. The Kier molecular flexibility index (Phi) is 35.4. The Morgan fingerprint density at radius 1 is 0.500 bits per heavy atom. The van der Waals surface area contributed by atoms with E-state index in [9.17, 15) is 14.4 Å². The van der Waals surface area contributed by atoms with Crippen LogP contribution in [0.15, 0.2) is 0 Å². The van der Waals surface area contributed by atoms with Crippen molar-refractivity contribution in [3.63, 3.8) is 0 Å². The fraction of sp³-hybridized carbons (Fsp3) is 0.812. The molecule has 196 valence electrons. The molecule has 0 saturated carbocycles. The summed E-state index contributed by atoms with van der Waals surface area (Å²) < 4.78 is 17.8. The van der Waals surface area contributed by atoms with Crippen LogP contribution in [0.3, 0.4) is 0 Å². The quantitative estimate of drug-likeness (QED) is 0.149. The molecule has 0 radical (unpaired) electrons. The summed E-state index contributed by atoms with van der Waals surface area (Å²) in [4.78, 5) is 72.4. The van der Waals surface area contributed by atoms with Gasteiger partial charge in [-0.15, -0.1) is 0 Å². The van der Waals surface area contributed by atoms with Crippen molar-refractivity contribution >= 4 is 33.6 Å². The van der Waals surface area contributed by atoms with Gasteiger partial charge in [-0.2, -0.15) is 0 Å². The minimum absolute atomic E-state index is 0.292. The van der Waals surface area contributed by atoms with E-state index < -0.39 is 33.6 Å². The van der Waals surface area contributed by atoms with Crippen molar-refractivity contribution in [2.75, 3.05) is 0 Å². The monoisotopic (exact) mass is 516 g/mol. The Labute approximate surface area is 187 Å². The number of aliphatic carboxylic acids is 3. The van der Waals surface area contributed by atoms with Crippen LogP contribution in [0, 0.1) is 0 Å². The van der Waals surface area contributed by atoms with E-state index in [1.807, 2.05) is 13.8 Å². The van der Waals surface area contributed by atoms with Crippen LogP contribution in [-0.2, 0) is 23.5 Å². The van der Waals surface area contributed by atoms with Crippen molar-refractivity contribution in [2.45, 2.75) is 85.0 Å². The summed E-state index contributed by atoms with van der Waals surface area (Å²) in [5.74, 6) is -2.09. The van der Waals surface area contributed by atoms with E-state index in [0.29, 0.717) is 19.3 Å². The smallest absolute Gasteiger partial charge is 0.466 e. The van der Waals surface area contributed by atoms with Crippen LogP contribution in [0.1, 0.15) is 85.0 Å². The standard InChI is InChI=1S/C8H16O2.2C4H8O2.2H3O4P/c1-2-3-4-5-6-7-8(9)10;2*1-2-3-4(5)6;2*1-5(2,3)4/h2-7H2,1H3,(H,9,10);2*2-3H2,1H3,(H,5,6);2*(H3,1,2,3,4). The van der Waals surface area contributed by atoms with Gasteiger partial charge in [0.2, 0.25) is 0 Å². The summed E-state index contributed by atoms with van der Waals surface area (Å²) in [5.41, 5.74) is 0. The maximum Gasteiger partial charge on any atom is 0.466 e. The zero-order valence-electron chi connectivity index (χ0n) is 18.5. The average molecular weight is 516 g/mol. The molecule has 32 heavy (non-hydrogen) atoms. The highest BCUT2D eigenvalue weighted by molar-refractivity contribution is 7.45. The highest BCUT2D eigenvalue weighted by atomic mass is 31.2. The van der Waals surface area contributed by atoms with Gasteiger partial charge in [0, 0.05) is 19.3 Å². The number of hydrogen-bond donors (Lipinski definition) is 9. The van der Waals surface area contributed by atoms with E-state index in [1.54, 1.807) is 0 Å². The van der Waals surface area contributed by atoms with Crippen LogP contribution < -0.4 is 0 Å². The third-order valence-electron chi connectivity index (χ3n) is 2.42. The molecule has 0 aromatic rings. The zero-order chi connectivity index (χ0) is 26.8. The molecule has 0 heterocycles.